The van der Waals surface area contributed by atoms with Crippen LogP contribution in [0.2, 0.25) is 0 Å². The SMILES string of the molecule is O=C(O[C@@H]1C[C@H](O)[C@H]2C(SCc3ccccc3)OCC[C@H]21)c1ccc([N+](=O)[O-])cc1. The molecule has 0 radical (unpaired) electrons. The molecule has 1 N–H and O–H groups in total. The van der Waals surface area contributed by atoms with Crippen molar-refractivity contribution in [3.63, 3.8) is 0 Å². The lowest BCUT2D eigenvalue weighted by molar-refractivity contribution is -0.384. The molecule has 1 saturated heterocycles. The van der Waals surface area contributed by atoms with Crippen LogP contribution < -0.4 is 0 Å². The van der Waals surface area contributed by atoms with Gasteiger partial charge in [0.15, 0.2) is 0 Å². The van der Waals surface area contributed by atoms with Gasteiger partial charge in [-0.1, -0.05) is 30.3 Å². The predicted octanol–water partition coefficient (Wildman–Crippen LogP) is 3.80. The summed E-state index contributed by atoms with van der Waals surface area (Å²) in [5.41, 5.74) is 1.23. The van der Waals surface area contributed by atoms with E-state index in [9.17, 15) is 20.0 Å². The van der Waals surface area contributed by atoms with Crippen molar-refractivity contribution >= 4 is 23.4 Å². The number of benzene rings is 2. The maximum atomic E-state index is 12.5. The van der Waals surface area contributed by atoms with E-state index in [4.69, 9.17) is 9.47 Å². The summed E-state index contributed by atoms with van der Waals surface area (Å²) in [5.74, 6) is 0.197. The second-order valence-electron chi connectivity index (χ2n) is 7.62. The summed E-state index contributed by atoms with van der Waals surface area (Å²) in [6.07, 6.45) is 0.108. The van der Waals surface area contributed by atoms with Crippen LogP contribution in [0.5, 0.6) is 0 Å². The summed E-state index contributed by atoms with van der Waals surface area (Å²) in [6, 6.07) is 15.5. The molecule has 158 valence electrons. The van der Waals surface area contributed by atoms with E-state index in [1.54, 1.807) is 11.8 Å². The molecule has 0 amide bonds. The number of non-ortho nitro benzene ring substituents is 1. The van der Waals surface area contributed by atoms with E-state index in [1.807, 2.05) is 18.2 Å². The van der Waals surface area contributed by atoms with Crippen LogP contribution in [0, 0.1) is 22.0 Å². The molecule has 2 aromatic rings. The Hall–Kier alpha value is -2.42. The fourth-order valence-corrected chi connectivity index (χ4v) is 5.62. The van der Waals surface area contributed by atoms with Gasteiger partial charge in [0.05, 0.1) is 16.6 Å². The lowest BCUT2D eigenvalue weighted by Gasteiger charge is -2.36. The number of fused-ring (bicyclic) bond motifs is 1. The molecule has 1 saturated carbocycles. The quantitative estimate of drug-likeness (QED) is 0.424. The zero-order valence-electron chi connectivity index (χ0n) is 16.3. The number of nitrogens with zero attached hydrogens (tertiary/aromatic N) is 1. The molecular weight excluding hydrogens is 406 g/mol. The van der Waals surface area contributed by atoms with Crippen LogP contribution in [0.25, 0.3) is 0 Å². The number of thioether (sulfide) groups is 1. The Balaban J connectivity index is 1.40. The smallest absolute Gasteiger partial charge is 0.338 e. The third-order valence-electron chi connectivity index (χ3n) is 5.77. The Kier molecular flexibility index (Phi) is 6.36. The van der Waals surface area contributed by atoms with Crippen LogP contribution in [-0.4, -0.2) is 40.2 Å². The maximum absolute atomic E-state index is 12.5. The number of nitro groups is 1. The summed E-state index contributed by atoms with van der Waals surface area (Å²) < 4.78 is 11.7. The molecule has 2 aliphatic rings. The lowest BCUT2D eigenvalue weighted by atomic mass is 9.89. The van der Waals surface area contributed by atoms with Crippen LogP contribution in [0.4, 0.5) is 5.69 Å². The summed E-state index contributed by atoms with van der Waals surface area (Å²) in [6.45, 7) is 0.561. The number of hydrogen-bond donors (Lipinski definition) is 1. The third kappa shape index (κ3) is 4.50. The minimum absolute atomic E-state index is 0.0315. The Bertz CT molecular complexity index is 890. The second kappa shape index (κ2) is 9.16. The lowest BCUT2D eigenvalue weighted by Crippen LogP contribution is -2.39. The molecule has 0 spiro atoms. The van der Waals surface area contributed by atoms with Gasteiger partial charge in [-0.2, -0.15) is 0 Å². The minimum Gasteiger partial charge on any atom is -0.458 e. The van der Waals surface area contributed by atoms with Gasteiger partial charge >= 0.3 is 5.97 Å². The zero-order valence-corrected chi connectivity index (χ0v) is 17.1. The molecule has 1 heterocycles. The molecule has 2 fully saturated rings. The van der Waals surface area contributed by atoms with Crippen LogP contribution in [0.1, 0.15) is 28.8 Å². The molecule has 1 aliphatic carbocycles. The molecule has 0 aromatic heterocycles. The highest BCUT2D eigenvalue weighted by atomic mass is 32.2. The fourth-order valence-electron chi connectivity index (χ4n) is 4.27. The zero-order chi connectivity index (χ0) is 21.1. The largest absolute Gasteiger partial charge is 0.458 e. The number of ether oxygens (including phenoxy) is 2. The first kappa shape index (κ1) is 20.8. The number of aliphatic hydroxyl groups is 1. The van der Waals surface area contributed by atoms with Crippen molar-refractivity contribution in [2.24, 2.45) is 11.8 Å². The summed E-state index contributed by atoms with van der Waals surface area (Å²) in [5, 5.41) is 21.5. The topological polar surface area (TPSA) is 98.9 Å². The molecule has 8 heteroatoms. The van der Waals surface area contributed by atoms with Gasteiger partial charge in [0.2, 0.25) is 0 Å². The Labute approximate surface area is 178 Å². The van der Waals surface area contributed by atoms with E-state index in [0.29, 0.717) is 13.0 Å². The van der Waals surface area contributed by atoms with Gasteiger partial charge in [-0.25, -0.2) is 4.79 Å². The van der Waals surface area contributed by atoms with E-state index in [1.165, 1.54) is 29.8 Å². The van der Waals surface area contributed by atoms with E-state index in [2.05, 4.69) is 12.1 Å². The maximum Gasteiger partial charge on any atom is 0.338 e. The highest BCUT2D eigenvalue weighted by molar-refractivity contribution is 7.99. The van der Waals surface area contributed by atoms with Gasteiger partial charge < -0.3 is 14.6 Å². The number of hydrogen-bond acceptors (Lipinski definition) is 7. The van der Waals surface area contributed by atoms with E-state index >= 15 is 0 Å². The molecule has 1 unspecified atom stereocenters. The van der Waals surface area contributed by atoms with Crippen molar-refractivity contribution < 1.29 is 24.3 Å². The second-order valence-corrected chi connectivity index (χ2v) is 8.70. The predicted molar refractivity (Wildman–Crippen MR) is 112 cm³/mol. The Morgan fingerprint density at radius 1 is 1.20 bits per heavy atom. The van der Waals surface area contributed by atoms with Crippen LogP contribution >= 0.6 is 11.8 Å². The van der Waals surface area contributed by atoms with Gasteiger partial charge in [0.1, 0.15) is 11.5 Å². The molecule has 2 aromatic carbocycles. The number of aliphatic hydroxyl groups excluding tert-OH is 1. The van der Waals surface area contributed by atoms with Crippen LogP contribution in [0.15, 0.2) is 54.6 Å². The monoisotopic (exact) mass is 429 g/mol. The van der Waals surface area contributed by atoms with E-state index in [-0.39, 0.29) is 28.5 Å². The van der Waals surface area contributed by atoms with E-state index in [0.717, 1.165) is 12.2 Å². The first-order chi connectivity index (χ1) is 14.5. The molecular formula is C22H23NO6S. The fraction of sp³-hybridized carbons (Fsp3) is 0.409. The highest BCUT2D eigenvalue weighted by Gasteiger charge is 2.50. The summed E-state index contributed by atoms with van der Waals surface area (Å²) in [4.78, 5) is 22.8. The molecule has 4 rings (SSSR count). The van der Waals surface area contributed by atoms with Crippen molar-refractivity contribution in [2.45, 2.75) is 36.2 Å². The van der Waals surface area contributed by atoms with Crippen molar-refractivity contribution in [3.05, 3.63) is 75.8 Å². The van der Waals surface area contributed by atoms with Crippen molar-refractivity contribution in [1.29, 1.82) is 0 Å². The van der Waals surface area contributed by atoms with Crippen LogP contribution in [0.3, 0.4) is 0 Å². The van der Waals surface area contributed by atoms with Crippen molar-refractivity contribution in [2.75, 3.05) is 6.61 Å². The summed E-state index contributed by atoms with van der Waals surface area (Å²) in [7, 11) is 0. The standard InChI is InChI=1S/C22H23NO6S/c24-18-12-19(29-21(25)15-6-8-16(9-7-15)23(26)27)17-10-11-28-22(20(17)18)30-13-14-4-2-1-3-5-14/h1-9,17-20,22,24H,10-13H2/t17-,18-,19+,20-,22?/m0/s1. The molecule has 0 bridgehead atoms. The molecule has 1 aliphatic heterocycles. The van der Waals surface area contributed by atoms with E-state index < -0.39 is 23.1 Å². The highest BCUT2D eigenvalue weighted by Crippen LogP contribution is 2.46. The molecule has 7 nitrogen and oxygen atoms in total. The number of nitro benzene ring substituents is 1. The van der Waals surface area contributed by atoms with Crippen molar-refractivity contribution in [1.82, 2.24) is 0 Å². The Morgan fingerprint density at radius 2 is 1.93 bits per heavy atom. The van der Waals surface area contributed by atoms with Gasteiger partial charge in [0.25, 0.3) is 5.69 Å². The van der Waals surface area contributed by atoms with Gasteiger partial charge in [-0.05, 0) is 24.1 Å². The van der Waals surface area contributed by atoms with Crippen LogP contribution in [-0.2, 0) is 15.2 Å². The molecule has 5 atom stereocenters. The average Bonchev–Trinajstić information content (AvgIpc) is 3.09. The number of carbonyl (C=O) groups is 1. The number of rotatable bonds is 6. The molecule has 30 heavy (non-hydrogen) atoms. The first-order valence-corrected chi connectivity index (χ1v) is 11.0. The minimum atomic E-state index is -0.599. The van der Waals surface area contributed by atoms with Gasteiger partial charge in [0, 0.05) is 42.7 Å². The van der Waals surface area contributed by atoms with Gasteiger partial charge in [-0.15, -0.1) is 11.8 Å². The average molecular weight is 429 g/mol. The number of carbonyl (C=O) groups excluding carboxylic acids is 1. The summed E-state index contributed by atoms with van der Waals surface area (Å²) >= 11 is 1.67. The first-order valence-electron chi connectivity index (χ1n) is 9.93. The van der Waals surface area contributed by atoms with Gasteiger partial charge in [-0.3, -0.25) is 10.1 Å². The normalized spacial score (nSPS) is 28.0. The number of esters is 1. The Morgan fingerprint density at radius 3 is 2.63 bits per heavy atom. The van der Waals surface area contributed by atoms with Crippen molar-refractivity contribution in [3.8, 4) is 0 Å². The third-order valence-corrected chi connectivity index (χ3v) is 7.05.